The molecule has 28 heavy (non-hydrogen) atoms. The van der Waals surface area contributed by atoms with Crippen molar-refractivity contribution in [2.45, 2.75) is 36.7 Å². The van der Waals surface area contributed by atoms with Crippen LogP contribution in [0.15, 0.2) is 76.0 Å². The summed E-state index contributed by atoms with van der Waals surface area (Å²) in [5, 5.41) is 3.54. The lowest BCUT2D eigenvalue weighted by Crippen LogP contribution is -2.22. The molecule has 0 bridgehead atoms. The molecule has 3 unspecified atom stereocenters. The van der Waals surface area contributed by atoms with Crippen LogP contribution in [0.4, 0.5) is 0 Å². The van der Waals surface area contributed by atoms with Crippen molar-refractivity contribution in [2.75, 3.05) is 6.26 Å². The van der Waals surface area contributed by atoms with Gasteiger partial charge in [-0.3, -0.25) is 5.32 Å². The highest BCUT2D eigenvalue weighted by Gasteiger charge is 2.36. The minimum Gasteiger partial charge on any atom is -0.464 e. The maximum absolute atomic E-state index is 12.0. The Morgan fingerprint density at radius 2 is 1.75 bits per heavy atom. The van der Waals surface area contributed by atoms with Crippen LogP contribution in [-0.4, -0.2) is 14.7 Å². The predicted molar refractivity (Wildman–Crippen MR) is 110 cm³/mol. The highest BCUT2D eigenvalue weighted by Crippen LogP contribution is 2.47. The van der Waals surface area contributed by atoms with E-state index < -0.39 is 9.84 Å². The van der Waals surface area contributed by atoms with Crippen molar-refractivity contribution < 1.29 is 12.8 Å². The minimum atomic E-state index is -3.26. The zero-order chi connectivity index (χ0) is 19.7. The van der Waals surface area contributed by atoms with Crippen LogP contribution in [0.5, 0.6) is 0 Å². The van der Waals surface area contributed by atoms with Gasteiger partial charge in [-0.2, -0.15) is 0 Å². The summed E-state index contributed by atoms with van der Waals surface area (Å²) in [6.07, 6.45) is 2.44. The number of rotatable bonds is 7. The van der Waals surface area contributed by atoms with Crippen LogP contribution in [0, 0.1) is 5.92 Å². The normalized spacial score (nSPS) is 20.1. The first kappa shape index (κ1) is 19.0. The monoisotopic (exact) mass is 395 g/mol. The third-order valence-corrected chi connectivity index (χ3v) is 6.50. The number of furan rings is 1. The second-order valence-corrected chi connectivity index (χ2v) is 9.71. The van der Waals surface area contributed by atoms with Gasteiger partial charge in [0.25, 0.3) is 0 Å². The van der Waals surface area contributed by atoms with Gasteiger partial charge in [0.2, 0.25) is 0 Å². The number of nitrogens with one attached hydrogen (secondary N) is 1. The molecule has 3 aromatic rings. The molecular weight excluding hydrogens is 370 g/mol. The van der Waals surface area contributed by atoms with Gasteiger partial charge in [0.1, 0.15) is 11.5 Å². The van der Waals surface area contributed by atoms with Crippen molar-refractivity contribution in [3.05, 3.63) is 89.4 Å². The summed E-state index contributed by atoms with van der Waals surface area (Å²) in [5.74, 6) is 3.24. The zero-order valence-electron chi connectivity index (χ0n) is 16.1. The Balaban J connectivity index is 1.59. The van der Waals surface area contributed by atoms with Gasteiger partial charge in [-0.05, 0) is 47.7 Å². The Morgan fingerprint density at radius 3 is 2.43 bits per heavy atom. The second-order valence-electron chi connectivity index (χ2n) is 7.69. The quantitative estimate of drug-likeness (QED) is 0.631. The fourth-order valence-corrected chi connectivity index (χ4v) is 4.28. The third kappa shape index (κ3) is 4.21. The lowest BCUT2D eigenvalue weighted by atomic mass is 9.98. The predicted octanol–water partition coefficient (Wildman–Crippen LogP) is 4.69. The fourth-order valence-electron chi connectivity index (χ4n) is 3.61. The van der Waals surface area contributed by atoms with Gasteiger partial charge in [-0.25, -0.2) is 8.42 Å². The maximum Gasteiger partial charge on any atom is 0.175 e. The first-order chi connectivity index (χ1) is 13.4. The van der Waals surface area contributed by atoms with Crippen LogP contribution in [0.1, 0.15) is 48.0 Å². The molecule has 0 saturated heterocycles. The molecule has 4 nitrogen and oxygen atoms in total. The lowest BCUT2D eigenvalue weighted by Gasteiger charge is -2.20. The van der Waals surface area contributed by atoms with Crippen molar-refractivity contribution in [3.63, 3.8) is 0 Å². The van der Waals surface area contributed by atoms with E-state index in [1.807, 2.05) is 42.5 Å². The van der Waals surface area contributed by atoms with Gasteiger partial charge in [0, 0.05) is 12.2 Å². The number of hydrogen-bond acceptors (Lipinski definition) is 4. The summed E-state index contributed by atoms with van der Waals surface area (Å²) in [5.41, 5.74) is 1.99. The van der Waals surface area contributed by atoms with E-state index in [-0.39, 0.29) is 6.04 Å². The largest absolute Gasteiger partial charge is 0.464 e. The van der Waals surface area contributed by atoms with E-state index in [1.54, 1.807) is 18.2 Å². The summed E-state index contributed by atoms with van der Waals surface area (Å²) in [7, 11) is -3.26. The Hall–Kier alpha value is -2.37. The summed E-state index contributed by atoms with van der Waals surface area (Å²) < 4.78 is 30.0. The van der Waals surface area contributed by atoms with Gasteiger partial charge in [-0.15, -0.1) is 0 Å². The van der Waals surface area contributed by atoms with Gasteiger partial charge >= 0.3 is 0 Å². The number of hydrogen-bond donors (Lipinski definition) is 1. The van der Waals surface area contributed by atoms with Crippen molar-refractivity contribution in [1.82, 2.24) is 5.32 Å². The van der Waals surface area contributed by atoms with E-state index in [1.165, 1.54) is 12.7 Å². The van der Waals surface area contributed by atoms with Crippen LogP contribution >= 0.6 is 0 Å². The second kappa shape index (κ2) is 7.57. The SMILES string of the molecule is CC1CC1c1ccc(CNC(c2ccccc2)c2cccc(S(C)(=O)=O)c2)o1. The zero-order valence-corrected chi connectivity index (χ0v) is 16.9. The molecule has 1 aromatic heterocycles. The summed E-state index contributed by atoms with van der Waals surface area (Å²) in [4.78, 5) is 0.329. The Bertz CT molecular complexity index is 1060. The van der Waals surface area contributed by atoms with E-state index in [4.69, 9.17) is 4.42 Å². The van der Waals surface area contributed by atoms with Crippen LogP contribution in [0.3, 0.4) is 0 Å². The average Bonchev–Trinajstić information content (AvgIpc) is 3.23. The van der Waals surface area contributed by atoms with Gasteiger partial charge in [0.15, 0.2) is 9.84 Å². The van der Waals surface area contributed by atoms with Crippen molar-refractivity contribution in [3.8, 4) is 0 Å². The maximum atomic E-state index is 12.0. The molecule has 0 radical (unpaired) electrons. The molecule has 3 atom stereocenters. The summed E-state index contributed by atoms with van der Waals surface area (Å²) in [6, 6.07) is 21.2. The van der Waals surface area contributed by atoms with Gasteiger partial charge < -0.3 is 4.42 Å². The molecule has 146 valence electrons. The van der Waals surface area contributed by atoms with Crippen LogP contribution in [0.25, 0.3) is 0 Å². The molecule has 1 saturated carbocycles. The highest BCUT2D eigenvalue weighted by atomic mass is 32.2. The molecule has 0 aliphatic heterocycles. The molecule has 0 amide bonds. The molecule has 1 fully saturated rings. The Kier molecular flexibility index (Phi) is 5.13. The summed E-state index contributed by atoms with van der Waals surface area (Å²) >= 11 is 0. The van der Waals surface area contributed by atoms with E-state index in [0.717, 1.165) is 22.6 Å². The molecule has 1 aliphatic rings. The van der Waals surface area contributed by atoms with Crippen LogP contribution in [0.2, 0.25) is 0 Å². The van der Waals surface area contributed by atoms with E-state index >= 15 is 0 Å². The van der Waals surface area contributed by atoms with E-state index in [0.29, 0.717) is 23.3 Å². The minimum absolute atomic E-state index is 0.128. The molecule has 2 aromatic carbocycles. The van der Waals surface area contributed by atoms with Crippen molar-refractivity contribution in [2.24, 2.45) is 5.92 Å². The Morgan fingerprint density at radius 1 is 1.04 bits per heavy atom. The topological polar surface area (TPSA) is 59.3 Å². The number of benzene rings is 2. The smallest absolute Gasteiger partial charge is 0.175 e. The van der Waals surface area contributed by atoms with E-state index in [2.05, 4.69) is 18.3 Å². The molecule has 1 N–H and O–H groups in total. The Labute approximate surface area is 166 Å². The molecule has 4 rings (SSSR count). The molecule has 0 spiro atoms. The van der Waals surface area contributed by atoms with E-state index in [9.17, 15) is 8.42 Å². The van der Waals surface area contributed by atoms with Crippen molar-refractivity contribution in [1.29, 1.82) is 0 Å². The summed E-state index contributed by atoms with van der Waals surface area (Å²) in [6.45, 7) is 2.81. The van der Waals surface area contributed by atoms with Gasteiger partial charge in [0.05, 0.1) is 17.5 Å². The molecule has 1 aliphatic carbocycles. The standard InChI is InChI=1S/C23H25NO3S/c1-16-13-21(16)22-12-11-19(27-22)15-24-23(17-7-4-3-5-8-17)18-9-6-10-20(14-18)28(2,25)26/h3-12,14,16,21,23-24H,13,15H2,1-2H3. The van der Waals surface area contributed by atoms with Crippen molar-refractivity contribution >= 4 is 9.84 Å². The average molecular weight is 396 g/mol. The van der Waals surface area contributed by atoms with Gasteiger partial charge in [-0.1, -0.05) is 49.4 Å². The molecule has 1 heterocycles. The lowest BCUT2D eigenvalue weighted by molar-refractivity contribution is 0.435. The van der Waals surface area contributed by atoms with Crippen LogP contribution in [-0.2, 0) is 16.4 Å². The van der Waals surface area contributed by atoms with Crippen LogP contribution < -0.4 is 5.32 Å². The molecule has 5 heteroatoms. The third-order valence-electron chi connectivity index (χ3n) is 5.39. The first-order valence-electron chi connectivity index (χ1n) is 9.59. The first-order valence-corrected chi connectivity index (χ1v) is 11.5. The highest BCUT2D eigenvalue weighted by molar-refractivity contribution is 7.90. The fraction of sp³-hybridized carbons (Fsp3) is 0.304. The molecular formula is C23H25NO3S. The number of sulfone groups is 1.